The summed E-state index contributed by atoms with van der Waals surface area (Å²) >= 11 is 1.53. The number of hydrazine groups is 1. The predicted octanol–water partition coefficient (Wildman–Crippen LogP) is 1.64. The first-order valence-corrected chi connectivity index (χ1v) is 8.77. The van der Waals surface area contributed by atoms with Gasteiger partial charge < -0.3 is 0 Å². The third-order valence-corrected chi connectivity index (χ3v) is 5.24. The largest absolute Gasteiger partial charge is 0.292 e. The first kappa shape index (κ1) is 15.8. The molecule has 1 atom stereocenters. The smallest absolute Gasteiger partial charge is 0.244 e. The molecule has 2 aromatic heterocycles. The Morgan fingerprint density at radius 2 is 2.10 bits per heavy atom. The van der Waals surface area contributed by atoms with Gasteiger partial charge in [-0.25, -0.2) is 29.0 Å². The minimum absolute atomic E-state index is 0.0131. The van der Waals surface area contributed by atoms with E-state index in [1.54, 1.807) is 0 Å². The first-order chi connectivity index (χ1) is 10.1. The second kappa shape index (κ2) is 6.94. The minimum Gasteiger partial charge on any atom is -0.292 e. The van der Waals surface area contributed by atoms with E-state index in [-0.39, 0.29) is 16.9 Å². The number of nitrogen functional groups attached to an aromatic ring is 1. The number of nitrogens with one attached hydrogen (secondary N) is 2. The van der Waals surface area contributed by atoms with Crippen LogP contribution in [0, 0.1) is 0 Å². The van der Waals surface area contributed by atoms with Crippen molar-refractivity contribution in [3.05, 3.63) is 34.8 Å². The highest BCUT2D eigenvalue weighted by Crippen LogP contribution is 2.25. The van der Waals surface area contributed by atoms with Crippen LogP contribution in [0.15, 0.2) is 34.8 Å². The molecule has 21 heavy (non-hydrogen) atoms. The number of aromatic nitrogens is 2. The van der Waals surface area contributed by atoms with E-state index in [0.717, 1.165) is 17.7 Å². The molecule has 0 saturated heterocycles. The van der Waals surface area contributed by atoms with E-state index in [2.05, 4.69) is 20.1 Å². The van der Waals surface area contributed by atoms with Crippen LogP contribution in [-0.4, -0.2) is 18.4 Å². The van der Waals surface area contributed by atoms with Gasteiger partial charge in [-0.15, -0.1) is 11.3 Å². The lowest BCUT2D eigenvalue weighted by Gasteiger charge is -2.16. The molecule has 2 aromatic rings. The number of hydrogen-bond donors (Lipinski definition) is 3. The van der Waals surface area contributed by atoms with Crippen molar-refractivity contribution >= 4 is 27.3 Å². The van der Waals surface area contributed by atoms with Gasteiger partial charge >= 0.3 is 0 Å². The maximum absolute atomic E-state index is 12.4. The fraction of sp³-hybridized carbons (Fsp3) is 0.333. The van der Waals surface area contributed by atoms with Crippen molar-refractivity contribution in [1.82, 2.24) is 14.7 Å². The zero-order valence-electron chi connectivity index (χ0n) is 11.5. The highest BCUT2D eigenvalue weighted by Gasteiger charge is 2.22. The molecule has 2 heterocycles. The Labute approximate surface area is 127 Å². The average Bonchev–Trinajstić information content (AvgIpc) is 3.01. The molecule has 1 unspecified atom stereocenters. The monoisotopic (exact) mass is 327 g/mol. The second-order valence-electron chi connectivity index (χ2n) is 4.36. The lowest BCUT2D eigenvalue weighted by atomic mass is 10.1. The quantitative estimate of drug-likeness (QED) is 0.527. The van der Waals surface area contributed by atoms with Crippen LogP contribution >= 0.6 is 11.3 Å². The summed E-state index contributed by atoms with van der Waals surface area (Å²) in [5, 5.41) is 1.93. The second-order valence-corrected chi connectivity index (χ2v) is 7.06. The first-order valence-electron chi connectivity index (χ1n) is 6.41. The lowest BCUT2D eigenvalue weighted by molar-refractivity contribution is 0.539. The number of nitrogens with two attached hydrogens (primary N) is 1. The summed E-state index contributed by atoms with van der Waals surface area (Å²) in [6.07, 6.45) is 4.05. The minimum atomic E-state index is -3.67. The SMILES string of the molecule is CCCC(NS(=O)(=O)c1cnc(NN)nc1)c1cccs1. The molecule has 114 valence electrons. The van der Waals surface area contributed by atoms with Gasteiger partial charge in [-0.05, 0) is 17.9 Å². The van der Waals surface area contributed by atoms with Gasteiger partial charge in [0.05, 0.1) is 18.4 Å². The van der Waals surface area contributed by atoms with Gasteiger partial charge in [0.15, 0.2) is 0 Å². The van der Waals surface area contributed by atoms with Gasteiger partial charge in [-0.1, -0.05) is 19.4 Å². The summed E-state index contributed by atoms with van der Waals surface area (Å²) in [4.78, 5) is 8.63. The fourth-order valence-electron chi connectivity index (χ4n) is 1.82. The molecular formula is C12H17N5O2S2. The molecule has 0 bridgehead atoms. The Bertz CT molecular complexity index is 655. The van der Waals surface area contributed by atoms with E-state index in [1.165, 1.54) is 23.7 Å². The van der Waals surface area contributed by atoms with E-state index in [0.29, 0.717) is 0 Å². The molecule has 0 amide bonds. The summed E-state index contributed by atoms with van der Waals surface area (Å²) in [5.74, 6) is 5.32. The molecule has 0 aliphatic heterocycles. The summed E-state index contributed by atoms with van der Waals surface area (Å²) in [5.41, 5.74) is 2.25. The highest BCUT2D eigenvalue weighted by molar-refractivity contribution is 7.89. The van der Waals surface area contributed by atoms with Crippen LogP contribution in [0.2, 0.25) is 0 Å². The average molecular weight is 327 g/mol. The van der Waals surface area contributed by atoms with Crippen molar-refractivity contribution < 1.29 is 8.42 Å². The number of anilines is 1. The van der Waals surface area contributed by atoms with Gasteiger partial charge in [0.2, 0.25) is 16.0 Å². The Morgan fingerprint density at radius 1 is 1.38 bits per heavy atom. The molecule has 0 radical (unpaired) electrons. The van der Waals surface area contributed by atoms with Gasteiger partial charge in [-0.2, -0.15) is 0 Å². The molecule has 4 N–H and O–H groups in total. The van der Waals surface area contributed by atoms with E-state index in [4.69, 9.17) is 5.84 Å². The Kier molecular flexibility index (Phi) is 5.23. The van der Waals surface area contributed by atoms with Crippen LogP contribution in [0.5, 0.6) is 0 Å². The molecule has 0 saturated carbocycles. The van der Waals surface area contributed by atoms with Crippen LogP contribution in [0.1, 0.15) is 30.7 Å². The van der Waals surface area contributed by atoms with E-state index in [9.17, 15) is 8.42 Å². The number of sulfonamides is 1. The number of thiophene rings is 1. The molecule has 2 rings (SSSR count). The third-order valence-electron chi connectivity index (χ3n) is 2.83. The normalized spacial score (nSPS) is 13.0. The molecule has 0 aliphatic carbocycles. The Balaban J connectivity index is 2.21. The molecule has 9 heteroatoms. The Morgan fingerprint density at radius 3 is 2.62 bits per heavy atom. The van der Waals surface area contributed by atoms with Crippen LogP contribution in [0.25, 0.3) is 0 Å². The van der Waals surface area contributed by atoms with Gasteiger partial charge in [0, 0.05) is 4.88 Å². The standard InChI is InChI=1S/C12H17N5O2S2/c1-2-4-10(11-5-3-6-20-11)17-21(18,19)9-7-14-12(16-13)15-8-9/h3,5-8,10,17H,2,4,13H2,1H3,(H,14,15,16). The zero-order chi connectivity index (χ0) is 15.3. The van der Waals surface area contributed by atoms with Crippen molar-refractivity contribution in [3.8, 4) is 0 Å². The van der Waals surface area contributed by atoms with Gasteiger partial charge in [0.1, 0.15) is 4.90 Å². The van der Waals surface area contributed by atoms with Crippen molar-refractivity contribution in [3.63, 3.8) is 0 Å². The molecule has 7 nitrogen and oxygen atoms in total. The van der Waals surface area contributed by atoms with Crippen LogP contribution in [-0.2, 0) is 10.0 Å². The number of nitrogens with zero attached hydrogens (tertiary/aromatic N) is 2. The van der Waals surface area contributed by atoms with Crippen molar-refractivity contribution in [2.24, 2.45) is 5.84 Å². The third kappa shape index (κ3) is 3.97. The zero-order valence-corrected chi connectivity index (χ0v) is 13.1. The van der Waals surface area contributed by atoms with E-state index >= 15 is 0 Å². The maximum Gasteiger partial charge on any atom is 0.244 e. The van der Waals surface area contributed by atoms with Crippen molar-refractivity contribution in [2.45, 2.75) is 30.7 Å². The molecule has 0 spiro atoms. The summed E-state index contributed by atoms with van der Waals surface area (Å²) in [6.45, 7) is 2.01. The van der Waals surface area contributed by atoms with E-state index < -0.39 is 10.0 Å². The summed E-state index contributed by atoms with van der Waals surface area (Å²) in [7, 11) is -3.67. The highest BCUT2D eigenvalue weighted by atomic mass is 32.2. The van der Waals surface area contributed by atoms with Crippen molar-refractivity contribution in [2.75, 3.05) is 5.43 Å². The molecule has 0 aromatic carbocycles. The predicted molar refractivity (Wildman–Crippen MR) is 82.1 cm³/mol. The summed E-state index contributed by atoms with van der Waals surface area (Å²) < 4.78 is 27.4. The molecule has 0 aliphatic rings. The van der Waals surface area contributed by atoms with Gasteiger partial charge in [0.25, 0.3) is 0 Å². The van der Waals surface area contributed by atoms with Crippen LogP contribution in [0.4, 0.5) is 5.95 Å². The lowest BCUT2D eigenvalue weighted by Crippen LogP contribution is -2.28. The number of hydrogen-bond acceptors (Lipinski definition) is 7. The fourth-order valence-corrected chi connectivity index (χ4v) is 3.85. The molecule has 0 fully saturated rings. The van der Waals surface area contributed by atoms with E-state index in [1.807, 2.05) is 24.4 Å². The van der Waals surface area contributed by atoms with Crippen LogP contribution in [0.3, 0.4) is 0 Å². The maximum atomic E-state index is 12.4. The van der Waals surface area contributed by atoms with Crippen molar-refractivity contribution in [1.29, 1.82) is 0 Å². The van der Waals surface area contributed by atoms with Gasteiger partial charge in [-0.3, -0.25) is 5.43 Å². The summed E-state index contributed by atoms with van der Waals surface area (Å²) in [6, 6.07) is 3.58. The van der Waals surface area contributed by atoms with Crippen LogP contribution < -0.4 is 16.0 Å². The number of rotatable bonds is 7. The molecular weight excluding hydrogens is 310 g/mol. The Hall–Kier alpha value is -1.55. The topological polar surface area (TPSA) is 110 Å².